The summed E-state index contributed by atoms with van der Waals surface area (Å²) in [5.74, 6) is 0.495. The van der Waals surface area contributed by atoms with Crippen molar-refractivity contribution in [3.05, 3.63) is 18.4 Å². The SMILES string of the molecule is S=Nc1ccco1. The smallest absolute Gasteiger partial charge is 0.230 e. The zero-order valence-electron chi connectivity index (χ0n) is 3.50. The van der Waals surface area contributed by atoms with E-state index in [0.29, 0.717) is 5.88 Å². The van der Waals surface area contributed by atoms with Gasteiger partial charge in [-0.2, -0.15) is 0 Å². The average molecular weight is 113 g/mol. The van der Waals surface area contributed by atoms with Crippen LogP contribution in [0.5, 0.6) is 0 Å². The van der Waals surface area contributed by atoms with Crippen molar-refractivity contribution in [1.29, 1.82) is 0 Å². The normalized spacial score (nSPS) is 8.57. The standard InChI is InChI=1S/C4H3NOS/c7-5-4-2-1-3-6-4/h1-3H. The first-order valence-corrected chi connectivity index (χ1v) is 2.17. The van der Waals surface area contributed by atoms with Crippen LogP contribution in [0.2, 0.25) is 0 Å². The summed E-state index contributed by atoms with van der Waals surface area (Å²) in [6.07, 6.45) is 1.53. The maximum atomic E-state index is 4.71. The molecule has 0 aliphatic rings. The minimum Gasteiger partial charge on any atom is -0.446 e. The van der Waals surface area contributed by atoms with Gasteiger partial charge in [0.05, 0.1) is 6.26 Å². The van der Waals surface area contributed by atoms with Crippen molar-refractivity contribution >= 4 is 18.3 Å². The molecule has 0 N–H and O–H groups in total. The van der Waals surface area contributed by atoms with Gasteiger partial charge in [0.2, 0.25) is 5.88 Å². The number of hydrogen-bond acceptors (Lipinski definition) is 3. The van der Waals surface area contributed by atoms with Crippen molar-refractivity contribution in [3.8, 4) is 0 Å². The quantitative estimate of drug-likeness (QED) is 0.553. The third-order valence-electron chi connectivity index (χ3n) is 0.596. The molecule has 1 rings (SSSR count). The van der Waals surface area contributed by atoms with Gasteiger partial charge in [0.25, 0.3) is 0 Å². The Bertz CT molecular complexity index is 147. The van der Waals surface area contributed by atoms with Crippen LogP contribution in [0.15, 0.2) is 27.2 Å². The van der Waals surface area contributed by atoms with E-state index in [1.807, 2.05) is 0 Å². The third-order valence-corrected chi connectivity index (χ3v) is 0.776. The molecule has 0 unspecified atom stereocenters. The fourth-order valence-electron chi connectivity index (χ4n) is 0.322. The Hall–Kier alpha value is -0.700. The second-order valence-electron chi connectivity index (χ2n) is 1.04. The summed E-state index contributed by atoms with van der Waals surface area (Å²) in [5, 5.41) is 0. The molecule has 0 saturated heterocycles. The molecule has 0 spiro atoms. The van der Waals surface area contributed by atoms with Crippen molar-refractivity contribution in [2.24, 2.45) is 4.36 Å². The summed E-state index contributed by atoms with van der Waals surface area (Å²) >= 11 is 4.30. The molecule has 2 nitrogen and oxygen atoms in total. The first-order valence-electron chi connectivity index (χ1n) is 1.80. The maximum Gasteiger partial charge on any atom is 0.230 e. The molecule has 0 amide bonds. The van der Waals surface area contributed by atoms with Gasteiger partial charge in [-0.05, 0) is 6.07 Å². The summed E-state index contributed by atoms with van der Waals surface area (Å²) in [6.45, 7) is 0. The Kier molecular flexibility index (Phi) is 1.17. The van der Waals surface area contributed by atoms with Gasteiger partial charge < -0.3 is 4.42 Å². The van der Waals surface area contributed by atoms with Crippen molar-refractivity contribution in [1.82, 2.24) is 0 Å². The lowest BCUT2D eigenvalue weighted by Gasteiger charge is -1.70. The second kappa shape index (κ2) is 1.84. The first kappa shape index (κ1) is 4.46. The summed E-state index contributed by atoms with van der Waals surface area (Å²) in [5.41, 5.74) is 0. The van der Waals surface area contributed by atoms with Crippen LogP contribution >= 0.6 is 0 Å². The second-order valence-corrected chi connectivity index (χ2v) is 1.23. The molecule has 0 aliphatic carbocycles. The molecule has 0 aliphatic heterocycles. The van der Waals surface area contributed by atoms with E-state index in [4.69, 9.17) is 4.42 Å². The van der Waals surface area contributed by atoms with E-state index < -0.39 is 0 Å². The van der Waals surface area contributed by atoms with Crippen LogP contribution in [0, 0.1) is 0 Å². The number of nitrogens with zero attached hydrogens (tertiary/aromatic N) is 1. The molecule has 1 heterocycles. The van der Waals surface area contributed by atoms with Crippen LogP contribution in [0.25, 0.3) is 0 Å². The molecular weight excluding hydrogens is 110 g/mol. The predicted octanol–water partition coefficient (Wildman–Crippen LogP) is 1.64. The summed E-state index contributed by atoms with van der Waals surface area (Å²) in [4.78, 5) is 0. The molecule has 36 valence electrons. The van der Waals surface area contributed by atoms with Crippen LogP contribution < -0.4 is 0 Å². The highest BCUT2D eigenvalue weighted by Gasteiger charge is 1.83. The fraction of sp³-hybridized carbons (Fsp3) is 0. The molecule has 0 aromatic carbocycles. The van der Waals surface area contributed by atoms with Gasteiger partial charge in [0, 0.05) is 18.5 Å². The molecule has 7 heavy (non-hydrogen) atoms. The molecule has 0 bridgehead atoms. The summed E-state index contributed by atoms with van der Waals surface area (Å²) in [6, 6.07) is 3.44. The molecule has 1 aromatic heterocycles. The van der Waals surface area contributed by atoms with Crippen LogP contribution in [0.3, 0.4) is 0 Å². The first-order chi connectivity index (χ1) is 3.43. The van der Waals surface area contributed by atoms with Gasteiger partial charge >= 0.3 is 0 Å². The lowest BCUT2D eigenvalue weighted by atomic mass is 10.6. The van der Waals surface area contributed by atoms with Gasteiger partial charge in [-0.1, -0.05) is 0 Å². The lowest BCUT2D eigenvalue weighted by molar-refractivity contribution is 0.579. The Morgan fingerprint density at radius 3 is 2.86 bits per heavy atom. The van der Waals surface area contributed by atoms with Crippen molar-refractivity contribution in [3.63, 3.8) is 0 Å². The third kappa shape index (κ3) is 0.838. The van der Waals surface area contributed by atoms with Gasteiger partial charge in [-0.3, -0.25) is 0 Å². The Morgan fingerprint density at radius 2 is 2.57 bits per heavy atom. The topological polar surface area (TPSA) is 25.5 Å². The average Bonchev–Trinajstić information content (AvgIpc) is 2.14. The van der Waals surface area contributed by atoms with E-state index >= 15 is 0 Å². The van der Waals surface area contributed by atoms with E-state index in [1.165, 1.54) is 6.26 Å². The van der Waals surface area contributed by atoms with Crippen LogP contribution in [-0.4, -0.2) is 0 Å². The Balaban J connectivity index is 2.96. The zero-order chi connectivity index (χ0) is 5.11. The molecule has 0 atom stereocenters. The molecule has 1 aromatic rings. The van der Waals surface area contributed by atoms with E-state index in [2.05, 4.69) is 16.8 Å². The Labute approximate surface area is 46.3 Å². The maximum absolute atomic E-state index is 4.71. The van der Waals surface area contributed by atoms with Crippen LogP contribution in [0.1, 0.15) is 0 Å². The summed E-state index contributed by atoms with van der Waals surface area (Å²) < 4.78 is 8.06. The van der Waals surface area contributed by atoms with E-state index in [1.54, 1.807) is 12.1 Å². The van der Waals surface area contributed by atoms with E-state index in [0.717, 1.165) is 0 Å². The van der Waals surface area contributed by atoms with Crippen LogP contribution in [0.4, 0.5) is 5.88 Å². The minimum absolute atomic E-state index is 0.495. The molecule has 0 saturated carbocycles. The number of furan rings is 1. The van der Waals surface area contributed by atoms with Gasteiger partial charge in [0.15, 0.2) is 0 Å². The van der Waals surface area contributed by atoms with Gasteiger partial charge in [-0.15, -0.1) is 4.36 Å². The largest absolute Gasteiger partial charge is 0.446 e. The highest BCUT2D eigenvalue weighted by Crippen LogP contribution is 2.08. The van der Waals surface area contributed by atoms with Crippen molar-refractivity contribution in [2.45, 2.75) is 0 Å². The summed E-state index contributed by atoms with van der Waals surface area (Å²) in [7, 11) is 0. The Morgan fingerprint density at radius 1 is 1.71 bits per heavy atom. The predicted molar refractivity (Wildman–Crippen MR) is 28.2 cm³/mol. The van der Waals surface area contributed by atoms with Crippen LogP contribution in [-0.2, 0) is 12.4 Å². The lowest BCUT2D eigenvalue weighted by Crippen LogP contribution is -1.40. The van der Waals surface area contributed by atoms with Gasteiger partial charge in [0.1, 0.15) is 0 Å². The molecule has 3 heteroatoms. The molecular formula is C4H3NOS. The van der Waals surface area contributed by atoms with Crippen molar-refractivity contribution in [2.75, 3.05) is 0 Å². The van der Waals surface area contributed by atoms with E-state index in [-0.39, 0.29) is 0 Å². The molecule has 0 radical (unpaired) electrons. The van der Waals surface area contributed by atoms with Gasteiger partial charge in [-0.25, -0.2) is 0 Å². The number of hydrogen-bond donors (Lipinski definition) is 0. The minimum atomic E-state index is 0.495. The fourth-order valence-corrected chi connectivity index (χ4v) is 0.426. The highest BCUT2D eigenvalue weighted by atomic mass is 32.1. The number of rotatable bonds is 1. The van der Waals surface area contributed by atoms with Crippen molar-refractivity contribution < 1.29 is 4.42 Å². The zero-order valence-corrected chi connectivity index (χ0v) is 4.31. The monoisotopic (exact) mass is 113 g/mol. The molecule has 0 fully saturated rings. The van der Waals surface area contributed by atoms with E-state index in [9.17, 15) is 0 Å². The highest BCUT2D eigenvalue weighted by molar-refractivity contribution is 7.47.